The second-order valence-corrected chi connectivity index (χ2v) is 5.49. The molecule has 0 saturated carbocycles. The molecule has 1 fully saturated rings. The Kier molecular flexibility index (Phi) is 3.92. The number of hydrogen-bond acceptors (Lipinski definition) is 3. The van der Waals surface area contributed by atoms with E-state index in [0.29, 0.717) is 0 Å². The maximum atomic E-state index is 12.3. The number of amides is 1. The zero-order valence-electron chi connectivity index (χ0n) is 12.0. The molecular weight excluding hydrogens is 278 g/mol. The molecule has 1 atom stereocenters. The van der Waals surface area contributed by atoms with Gasteiger partial charge in [-0.1, -0.05) is 60.7 Å². The third-order valence-corrected chi connectivity index (χ3v) is 4.03. The van der Waals surface area contributed by atoms with Gasteiger partial charge in [-0.25, -0.2) is 0 Å². The molecule has 0 radical (unpaired) electrons. The van der Waals surface area contributed by atoms with Crippen molar-refractivity contribution in [2.24, 2.45) is 5.92 Å². The molecule has 4 nitrogen and oxygen atoms in total. The molecular formula is C18H16NO3-. The average molecular weight is 294 g/mol. The second-order valence-electron chi connectivity index (χ2n) is 5.49. The van der Waals surface area contributed by atoms with Crippen LogP contribution in [-0.2, 0) is 9.59 Å². The van der Waals surface area contributed by atoms with E-state index in [1.165, 1.54) is 0 Å². The van der Waals surface area contributed by atoms with Crippen LogP contribution in [0.3, 0.4) is 0 Å². The SMILES string of the molecule is O=C([O-])C1CC(=O)N(C(c2ccccc2)c2ccccc2)C1. The molecule has 0 aromatic heterocycles. The van der Waals surface area contributed by atoms with Crippen molar-refractivity contribution < 1.29 is 14.7 Å². The first-order chi connectivity index (χ1) is 10.7. The number of carboxylic acid groups (broad SMARTS) is 1. The van der Waals surface area contributed by atoms with E-state index < -0.39 is 11.9 Å². The van der Waals surface area contributed by atoms with E-state index in [2.05, 4.69) is 0 Å². The summed E-state index contributed by atoms with van der Waals surface area (Å²) < 4.78 is 0. The van der Waals surface area contributed by atoms with E-state index in [1.807, 2.05) is 60.7 Å². The normalized spacial score (nSPS) is 18.0. The Labute approximate surface area is 129 Å². The minimum atomic E-state index is -1.16. The van der Waals surface area contributed by atoms with Crippen molar-refractivity contribution in [3.8, 4) is 0 Å². The summed E-state index contributed by atoms with van der Waals surface area (Å²) in [7, 11) is 0. The summed E-state index contributed by atoms with van der Waals surface area (Å²) in [5.41, 5.74) is 1.95. The lowest BCUT2D eigenvalue weighted by molar-refractivity contribution is -0.311. The van der Waals surface area contributed by atoms with E-state index in [-0.39, 0.29) is 24.9 Å². The highest BCUT2D eigenvalue weighted by molar-refractivity contribution is 5.86. The van der Waals surface area contributed by atoms with Gasteiger partial charge in [-0.15, -0.1) is 0 Å². The third kappa shape index (κ3) is 2.72. The predicted molar refractivity (Wildman–Crippen MR) is 79.6 cm³/mol. The average Bonchev–Trinajstić information content (AvgIpc) is 2.92. The van der Waals surface area contributed by atoms with Gasteiger partial charge >= 0.3 is 0 Å². The van der Waals surface area contributed by atoms with Crippen LogP contribution in [0.5, 0.6) is 0 Å². The van der Waals surface area contributed by atoms with E-state index in [9.17, 15) is 14.7 Å². The van der Waals surface area contributed by atoms with Gasteiger partial charge in [-0.3, -0.25) is 4.79 Å². The molecule has 3 rings (SSSR count). The number of benzene rings is 2. The van der Waals surface area contributed by atoms with Crippen LogP contribution in [0.25, 0.3) is 0 Å². The molecule has 2 aromatic rings. The second kappa shape index (κ2) is 6.02. The molecule has 1 amide bonds. The highest BCUT2D eigenvalue weighted by Crippen LogP contribution is 2.33. The van der Waals surface area contributed by atoms with E-state index in [0.717, 1.165) is 11.1 Å². The Morgan fingerprint density at radius 3 is 1.91 bits per heavy atom. The lowest BCUT2D eigenvalue weighted by atomic mass is 9.97. The monoisotopic (exact) mass is 294 g/mol. The number of carbonyl (C=O) groups excluding carboxylic acids is 2. The zero-order valence-corrected chi connectivity index (χ0v) is 12.0. The van der Waals surface area contributed by atoms with Crippen molar-refractivity contribution in [2.75, 3.05) is 6.54 Å². The van der Waals surface area contributed by atoms with E-state index in [4.69, 9.17) is 0 Å². The van der Waals surface area contributed by atoms with Crippen molar-refractivity contribution in [3.63, 3.8) is 0 Å². The molecule has 2 aromatic carbocycles. The summed E-state index contributed by atoms with van der Waals surface area (Å²) >= 11 is 0. The quantitative estimate of drug-likeness (QED) is 0.856. The number of likely N-dealkylation sites (tertiary alicyclic amines) is 1. The molecule has 1 unspecified atom stereocenters. The maximum Gasteiger partial charge on any atom is 0.224 e. The highest BCUT2D eigenvalue weighted by atomic mass is 16.4. The molecule has 0 spiro atoms. The number of hydrogen-bond donors (Lipinski definition) is 0. The van der Waals surface area contributed by atoms with Crippen LogP contribution in [0.1, 0.15) is 23.6 Å². The number of nitrogens with zero attached hydrogens (tertiary/aromatic N) is 1. The van der Waals surface area contributed by atoms with Crippen molar-refractivity contribution in [2.45, 2.75) is 12.5 Å². The first kappa shape index (κ1) is 14.3. The van der Waals surface area contributed by atoms with Gasteiger partial charge in [0.05, 0.1) is 6.04 Å². The van der Waals surface area contributed by atoms with Gasteiger partial charge in [0, 0.05) is 24.9 Å². The van der Waals surface area contributed by atoms with Crippen LogP contribution in [0.4, 0.5) is 0 Å². The van der Waals surface area contributed by atoms with Gasteiger partial charge in [0.1, 0.15) is 0 Å². The summed E-state index contributed by atoms with van der Waals surface area (Å²) in [5, 5.41) is 11.1. The van der Waals surface area contributed by atoms with E-state index >= 15 is 0 Å². The van der Waals surface area contributed by atoms with Crippen LogP contribution in [0, 0.1) is 5.92 Å². The summed E-state index contributed by atoms with van der Waals surface area (Å²) in [4.78, 5) is 25.1. The predicted octanol–water partition coefficient (Wildman–Crippen LogP) is 1.37. The van der Waals surface area contributed by atoms with Gasteiger partial charge in [0.15, 0.2) is 0 Å². The van der Waals surface area contributed by atoms with Gasteiger partial charge in [-0.2, -0.15) is 0 Å². The van der Waals surface area contributed by atoms with Gasteiger partial charge in [0.25, 0.3) is 0 Å². The van der Waals surface area contributed by atoms with Crippen LogP contribution < -0.4 is 5.11 Å². The standard InChI is InChI=1S/C18H17NO3/c20-16-11-15(18(21)22)12-19(16)17(13-7-3-1-4-8-13)14-9-5-2-6-10-14/h1-10,15,17H,11-12H2,(H,21,22)/p-1. The first-order valence-electron chi connectivity index (χ1n) is 7.27. The number of carbonyl (C=O) groups is 2. The molecule has 0 N–H and O–H groups in total. The molecule has 4 heteroatoms. The fourth-order valence-corrected chi connectivity index (χ4v) is 2.96. The Balaban J connectivity index is 2.00. The molecule has 1 aliphatic heterocycles. The molecule has 112 valence electrons. The lowest BCUT2D eigenvalue weighted by Gasteiger charge is -2.29. The summed E-state index contributed by atoms with van der Waals surface area (Å²) in [6.07, 6.45) is 0.0124. The summed E-state index contributed by atoms with van der Waals surface area (Å²) in [6.45, 7) is 0.190. The van der Waals surface area contributed by atoms with Crippen molar-refractivity contribution in [3.05, 3.63) is 71.8 Å². The van der Waals surface area contributed by atoms with Crippen molar-refractivity contribution in [1.29, 1.82) is 0 Å². The Bertz CT molecular complexity index is 630. The zero-order chi connectivity index (χ0) is 15.5. The number of rotatable bonds is 4. The molecule has 1 aliphatic rings. The topological polar surface area (TPSA) is 60.4 Å². The van der Waals surface area contributed by atoms with Crippen molar-refractivity contribution >= 4 is 11.9 Å². The Hall–Kier alpha value is -2.62. The van der Waals surface area contributed by atoms with E-state index in [1.54, 1.807) is 4.90 Å². The number of carboxylic acids is 1. The largest absolute Gasteiger partial charge is 0.550 e. The molecule has 22 heavy (non-hydrogen) atoms. The number of aliphatic carboxylic acids is 1. The molecule has 0 bridgehead atoms. The van der Waals surface area contributed by atoms with Crippen molar-refractivity contribution in [1.82, 2.24) is 4.90 Å². The Morgan fingerprint density at radius 1 is 1.00 bits per heavy atom. The highest BCUT2D eigenvalue weighted by Gasteiger charge is 2.36. The van der Waals surface area contributed by atoms with Gasteiger partial charge in [0.2, 0.25) is 5.91 Å². The summed E-state index contributed by atoms with van der Waals surface area (Å²) in [5.74, 6) is -2.04. The van der Waals surface area contributed by atoms with Gasteiger partial charge < -0.3 is 14.8 Å². The van der Waals surface area contributed by atoms with Crippen LogP contribution in [-0.4, -0.2) is 23.3 Å². The fraction of sp³-hybridized carbons (Fsp3) is 0.222. The Morgan fingerprint density at radius 2 is 1.50 bits per heavy atom. The third-order valence-electron chi connectivity index (χ3n) is 4.03. The molecule has 1 saturated heterocycles. The maximum absolute atomic E-state index is 12.3. The molecule has 1 heterocycles. The lowest BCUT2D eigenvalue weighted by Crippen LogP contribution is -2.35. The van der Waals surface area contributed by atoms with Crippen LogP contribution in [0.2, 0.25) is 0 Å². The first-order valence-corrected chi connectivity index (χ1v) is 7.27. The van der Waals surface area contributed by atoms with Crippen LogP contribution >= 0.6 is 0 Å². The minimum absolute atomic E-state index is 0.0124. The fourth-order valence-electron chi connectivity index (χ4n) is 2.96. The molecule has 0 aliphatic carbocycles. The van der Waals surface area contributed by atoms with Crippen LogP contribution in [0.15, 0.2) is 60.7 Å². The smallest absolute Gasteiger partial charge is 0.224 e. The summed E-state index contributed by atoms with van der Waals surface area (Å²) in [6, 6.07) is 19.1. The minimum Gasteiger partial charge on any atom is -0.550 e. The van der Waals surface area contributed by atoms with Gasteiger partial charge in [-0.05, 0) is 11.1 Å².